The van der Waals surface area contributed by atoms with E-state index in [9.17, 15) is 13.2 Å². The highest BCUT2D eigenvalue weighted by atomic mass is 19.4. The number of likely N-dealkylation sites (tertiary alicyclic amines) is 1. The van der Waals surface area contributed by atoms with Crippen LogP contribution in [0.15, 0.2) is 24.5 Å². The van der Waals surface area contributed by atoms with Crippen molar-refractivity contribution in [2.75, 3.05) is 13.1 Å². The lowest BCUT2D eigenvalue weighted by molar-refractivity contribution is -0.187. The average Bonchev–Trinajstić information content (AvgIpc) is 2.84. The van der Waals surface area contributed by atoms with Crippen molar-refractivity contribution in [1.29, 1.82) is 0 Å². The number of nitrogens with zero attached hydrogens (tertiary/aromatic N) is 2. The lowest BCUT2D eigenvalue weighted by Gasteiger charge is -2.34. The minimum atomic E-state index is -4.23. The fourth-order valence-corrected chi connectivity index (χ4v) is 2.78. The third kappa shape index (κ3) is 3.25. The normalized spacial score (nSPS) is 22.6. The summed E-state index contributed by atoms with van der Waals surface area (Å²) < 4.78 is 39.4. The van der Waals surface area contributed by atoms with Crippen molar-refractivity contribution in [1.82, 2.24) is 9.88 Å². The zero-order chi connectivity index (χ0) is 13.9. The summed E-state index contributed by atoms with van der Waals surface area (Å²) in [4.78, 5) is 5.45. The first-order valence-electron chi connectivity index (χ1n) is 6.46. The fourth-order valence-electron chi connectivity index (χ4n) is 2.78. The largest absolute Gasteiger partial charge is 0.404 e. The Morgan fingerprint density at radius 2 is 2.05 bits per heavy atom. The number of halogens is 3. The predicted molar refractivity (Wildman–Crippen MR) is 66.4 cm³/mol. The highest BCUT2D eigenvalue weighted by Gasteiger charge is 2.46. The molecule has 0 aromatic carbocycles. The van der Waals surface area contributed by atoms with Crippen LogP contribution >= 0.6 is 0 Å². The molecular formula is C13H18F3N3. The highest BCUT2D eigenvalue weighted by Crippen LogP contribution is 2.39. The van der Waals surface area contributed by atoms with Gasteiger partial charge in [0.2, 0.25) is 0 Å². The first-order valence-corrected chi connectivity index (χ1v) is 6.46. The maximum absolute atomic E-state index is 13.1. The molecule has 2 unspecified atom stereocenters. The average molecular weight is 273 g/mol. The Morgan fingerprint density at radius 1 is 1.37 bits per heavy atom. The zero-order valence-corrected chi connectivity index (χ0v) is 10.6. The molecule has 19 heavy (non-hydrogen) atoms. The van der Waals surface area contributed by atoms with Gasteiger partial charge in [-0.3, -0.25) is 9.88 Å². The van der Waals surface area contributed by atoms with Crippen LogP contribution < -0.4 is 5.73 Å². The van der Waals surface area contributed by atoms with E-state index in [-0.39, 0.29) is 19.0 Å². The number of rotatable bonds is 4. The van der Waals surface area contributed by atoms with Gasteiger partial charge in [0.05, 0.1) is 0 Å². The van der Waals surface area contributed by atoms with E-state index >= 15 is 0 Å². The molecule has 0 spiro atoms. The number of hydrogen-bond acceptors (Lipinski definition) is 3. The monoisotopic (exact) mass is 273 g/mol. The van der Waals surface area contributed by atoms with Gasteiger partial charge in [0.15, 0.2) is 0 Å². The Labute approximate surface area is 110 Å². The van der Waals surface area contributed by atoms with Gasteiger partial charge in [-0.2, -0.15) is 13.2 Å². The molecule has 3 nitrogen and oxygen atoms in total. The summed E-state index contributed by atoms with van der Waals surface area (Å²) in [6, 6.07) is 1.96. The van der Waals surface area contributed by atoms with Crippen molar-refractivity contribution in [3.05, 3.63) is 30.1 Å². The minimum absolute atomic E-state index is 0.0454. The molecule has 0 aliphatic carbocycles. The number of nitrogens with two attached hydrogens (primary N) is 1. The molecule has 106 valence electrons. The number of hydrogen-bond donors (Lipinski definition) is 1. The Morgan fingerprint density at radius 3 is 2.63 bits per heavy atom. The summed E-state index contributed by atoms with van der Waals surface area (Å²) in [6.45, 7) is 0.515. The maximum Gasteiger partial charge on any atom is 0.404 e. The highest BCUT2D eigenvalue weighted by molar-refractivity contribution is 5.17. The summed E-state index contributed by atoms with van der Waals surface area (Å²) in [5.41, 5.74) is 6.24. The van der Waals surface area contributed by atoms with E-state index in [1.54, 1.807) is 29.4 Å². The molecule has 0 bridgehead atoms. The Kier molecular flexibility index (Phi) is 4.42. The standard InChI is InChI=1S/C13H18F3N3/c14-13(15,16)12(3-6-17)19-9-1-2-11(19)10-4-7-18-8-5-10/h4-5,7-8,11-12H,1-3,6,9,17H2. The maximum atomic E-state index is 13.1. The summed E-state index contributed by atoms with van der Waals surface area (Å²) in [5, 5.41) is 0. The number of alkyl halides is 3. The zero-order valence-electron chi connectivity index (χ0n) is 10.6. The molecule has 0 amide bonds. The molecule has 1 aliphatic rings. The topological polar surface area (TPSA) is 42.1 Å². The molecule has 2 rings (SSSR count). The van der Waals surface area contributed by atoms with Crippen molar-refractivity contribution in [2.24, 2.45) is 5.73 Å². The van der Waals surface area contributed by atoms with Crippen LogP contribution in [0.5, 0.6) is 0 Å². The van der Waals surface area contributed by atoms with Crippen LogP contribution in [0.3, 0.4) is 0 Å². The number of pyridine rings is 1. The summed E-state index contributed by atoms with van der Waals surface area (Å²) >= 11 is 0. The second-order valence-electron chi connectivity index (χ2n) is 4.81. The second kappa shape index (κ2) is 5.88. The van der Waals surface area contributed by atoms with E-state index in [2.05, 4.69) is 4.98 Å². The van der Waals surface area contributed by atoms with Crippen LogP contribution in [0.2, 0.25) is 0 Å². The summed E-state index contributed by atoms with van der Waals surface area (Å²) in [7, 11) is 0. The molecule has 1 aromatic heterocycles. The third-order valence-electron chi connectivity index (χ3n) is 3.60. The van der Waals surface area contributed by atoms with Gasteiger partial charge in [-0.25, -0.2) is 0 Å². The van der Waals surface area contributed by atoms with Crippen LogP contribution in [0.1, 0.15) is 30.9 Å². The second-order valence-corrected chi connectivity index (χ2v) is 4.81. The first-order chi connectivity index (χ1) is 9.04. The van der Waals surface area contributed by atoms with Crippen molar-refractivity contribution in [2.45, 2.75) is 37.5 Å². The SMILES string of the molecule is NCCC(N1CCCC1c1ccncc1)C(F)(F)F. The van der Waals surface area contributed by atoms with Crippen molar-refractivity contribution in [3.63, 3.8) is 0 Å². The van der Waals surface area contributed by atoms with Gasteiger partial charge < -0.3 is 5.73 Å². The number of aromatic nitrogens is 1. The smallest absolute Gasteiger partial charge is 0.330 e. The molecule has 2 atom stereocenters. The van der Waals surface area contributed by atoms with E-state index in [4.69, 9.17) is 5.73 Å². The minimum Gasteiger partial charge on any atom is -0.330 e. The molecular weight excluding hydrogens is 255 g/mol. The van der Waals surface area contributed by atoms with Gasteiger partial charge in [0.1, 0.15) is 6.04 Å². The molecule has 2 heterocycles. The third-order valence-corrected chi connectivity index (χ3v) is 3.60. The van der Waals surface area contributed by atoms with E-state index in [0.717, 1.165) is 18.4 Å². The van der Waals surface area contributed by atoms with Gasteiger partial charge >= 0.3 is 6.18 Å². The van der Waals surface area contributed by atoms with Crippen molar-refractivity contribution >= 4 is 0 Å². The van der Waals surface area contributed by atoms with E-state index in [0.29, 0.717) is 6.54 Å². The van der Waals surface area contributed by atoms with Gasteiger partial charge in [-0.15, -0.1) is 0 Å². The van der Waals surface area contributed by atoms with E-state index < -0.39 is 12.2 Å². The predicted octanol–water partition coefficient (Wildman–Crippen LogP) is 2.50. The van der Waals surface area contributed by atoms with Gasteiger partial charge in [0.25, 0.3) is 0 Å². The summed E-state index contributed by atoms with van der Waals surface area (Å²) in [6.07, 6.45) is 0.500. The molecule has 6 heteroatoms. The molecule has 1 aromatic rings. The molecule has 1 saturated heterocycles. The van der Waals surface area contributed by atoms with Crippen LogP contribution in [-0.2, 0) is 0 Å². The quantitative estimate of drug-likeness (QED) is 0.916. The van der Waals surface area contributed by atoms with Crippen LogP contribution in [0, 0.1) is 0 Å². The van der Waals surface area contributed by atoms with Crippen molar-refractivity contribution in [3.8, 4) is 0 Å². The first kappa shape index (κ1) is 14.3. The van der Waals surface area contributed by atoms with Gasteiger partial charge in [-0.05, 0) is 50.0 Å². The Balaban J connectivity index is 2.21. The lowest BCUT2D eigenvalue weighted by Crippen LogP contribution is -2.46. The molecule has 1 aliphatic heterocycles. The van der Waals surface area contributed by atoms with Crippen LogP contribution in [0.4, 0.5) is 13.2 Å². The van der Waals surface area contributed by atoms with E-state index in [1.165, 1.54) is 0 Å². The van der Waals surface area contributed by atoms with Gasteiger partial charge in [0, 0.05) is 18.4 Å². The van der Waals surface area contributed by atoms with Gasteiger partial charge in [-0.1, -0.05) is 0 Å². The summed E-state index contributed by atoms with van der Waals surface area (Å²) in [5.74, 6) is 0. The Hall–Kier alpha value is -1.14. The van der Waals surface area contributed by atoms with Crippen LogP contribution in [-0.4, -0.2) is 35.2 Å². The molecule has 0 radical (unpaired) electrons. The molecule has 1 fully saturated rings. The Bertz CT molecular complexity index is 394. The van der Waals surface area contributed by atoms with Crippen molar-refractivity contribution < 1.29 is 13.2 Å². The van der Waals surface area contributed by atoms with E-state index in [1.807, 2.05) is 0 Å². The molecule has 0 saturated carbocycles. The van der Waals surface area contributed by atoms with Crippen LogP contribution in [0.25, 0.3) is 0 Å². The fraction of sp³-hybridized carbons (Fsp3) is 0.615. The lowest BCUT2D eigenvalue weighted by atomic mass is 10.0. The molecule has 2 N–H and O–H groups in total.